The van der Waals surface area contributed by atoms with Gasteiger partial charge in [0.2, 0.25) is 10.0 Å². The normalized spacial score (nSPS) is 32.5. The van der Waals surface area contributed by atoms with Crippen LogP contribution in [-0.2, 0) is 10.0 Å². The predicted octanol–water partition coefficient (Wildman–Crippen LogP) is -0.714. The Balaban J connectivity index is 2.41. The quantitative estimate of drug-likeness (QED) is 0.587. The van der Waals surface area contributed by atoms with Crippen LogP contribution >= 0.6 is 0 Å². The second kappa shape index (κ2) is 3.08. The van der Waals surface area contributed by atoms with Gasteiger partial charge in [-0.2, -0.15) is 0 Å². The molecule has 1 aliphatic rings. The molecule has 1 fully saturated rings. The zero-order valence-corrected chi connectivity index (χ0v) is 7.61. The van der Waals surface area contributed by atoms with E-state index in [0.29, 0.717) is 6.04 Å². The van der Waals surface area contributed by atoms with Gasteiger partial charge in [-0.05, 0) is 13.3 Å². The summed E-state index contributed by atoms with van der Waals surface area (Å²) in [6.45, 7) is 2.79. The first-order valence-electron chi connectivity index (χ1n) is 3.68. The van der Waals surface area contributed by atoms with E-state index >= 15 is 0 Å². The molecule has 0 radical (unpaired) electrons. The van der Waals surface area contributed by atoms with E-state index in [9.17, 15) is 8.42 Å². The fourth-order valence-corrected chi connectivity index (χ4v) is 2.11. The summed E-state index contributed by atoms with van der Waals surface area (Å²) in [6, 6.07) is 0.509. The Morgan fingerprint density at radius 3 is 2.55 bits per heavy atom. The van der Waals surface area contributed by atoms with E-state index in [4.69, 9.17) is 0 Å². The topological polar surface area (TPSA) is 58.2 Å². The highest BCUT2D eigenvalue weighted by atomic mass is 32.2. The van der Waals surface area contributed by atoms with Crippen LogP contribution in [0.25, 0.3) is 0 Å². The third kappa shape index (κ3) is 3.18. The minimum atomic E-state index is -3.02. The molecule has 4 nitrogen and oxygen atoms in total. The molecule has 0 bridgehead atoms. The van der Waals surface area contributed by atoms with Crippen molar-refractivity contribution in [3.63, 3.8) is 0 Å². The third-order valence-electron chi connectivity index (χ3n) is 1.73. The summed E-state index contributed by atoms with van der Waals surface area (Å²) in [7, 11) is -3.02. The lowest BCUT2D eigenvalue weighted by Gasteiger charge is -2.07. The molecule has 2 N–H and O–H groups in total. The molecular formula is C6H14N2O2S. The summed E-state index contributed by atoms with van der Waals surface area (Å²) in [6.07, 6.45) is 2.07. The average molecular weight is 178 g/mol. The van der Waals surface area contributed by atoms with E-state index in [2.05, 4.69) is 10.0 Å². The molecule has 0 aliphatic carbocycles. The van der Waals surface area contributed by atoms with Crippen LogP contribution in [0.15, 0.2) is 0 Å². The van der Waals surface area contributed by atoms with Crippen LogP contribution in [0.5, 0.6) is 0 Å². The number of sulfonamides is 1. The number of nitrogens with one attached hydrogen (secondary N) is 2. The van der Waals surface area contributed by atoms with Crippen LogP contribution in [-0.4, -0.2) is 33.3 Å². The highest BCUT2D eigenvalue weighted by Crippen LogP contribution is 2.05. The first-order valence-corrected chi connectivity index (χ1v) is 5.57. The molecule has 1 saturated heterocycles. The van der Waals surface area contributed by atoms with Gasteiger partial charge in [-0.25, -0.2) is 13.1 Å². The zero-order chi connectivity index (χ0) is 8.48. The van der Waals surface area contributed by atoms with Crippen molar-refractivity contribution in [2.45, 2.75) is 25.4 Å². The molecule has 0 aromatic carbocycles. The Kier molecular flexibility index (Phi) is 2.51. The van der Waals surface area contributed by atoms with Crippen molar-refractivity contribution in [2.75, 3.05) is 12.8 Å². The van der Waals surface area contributed by atoms with Crippen LogP contribution in [0.2, 0.25) is 0 Å². The van der Waals surface area contributed by atoms with Gasteiger partial charge >= 0.3 is 0 Å². The summed E-state index contributed by atoms with van der Waals surface area (Å²) in [5, 5.41) is 3.17. The lowest BCUT2D eigenvalue weighted by Crippen LogP contribution is -2.35. The van der Waals surface area contributed by atoms with Crippen molar-refractivity contribution >= 4 is 10.0 Å². The lowest BCUT2D eigenvalue weighted by molar-refractivity contribution is 0.563. The summed E-state index contributed by atoms with van der Waals surface area (Å²) in [4.78, 5) is 0. The SMILES string of the molecule is C[C@@H]1CC(NS(C)(=O)=O)CN1. The van der Waals surface area contributed by atoms with Gasteiger partial charge in [0, 0.05) is 18.6 Å². The molecule has 66 valence electrons. The Hall–Kier alpha value is -0.130. The van der Waals surface area contributed by atoms with Gasteiger partial charge < -0.3 is 5.32 Å². The largest absolute Gasteiger partial charge is 0.313 e. The van der Waals surface area contributed by atoms with Crippen molar-refractivity contribution in [3.05, 3.63) is 0 Å². The van der Waals surface area contributed by atoms with Gasteiger partial charge in [0.05, 0.1) is 6.26 Å². The summed E-state index contributed by atoms with van der Waals surface area (Å²) in [5.41, 5.74) is 0. The minimum absolute atomic E-state index is 0.0833. The van der Waals surface area contributed by atoms with Crippen LogP contribution in [0.1, 0.15) is 13.3 Å². The Morgan fingerprint density at radius 1 is 1.55 bits per heavy atom. The Morgan fingerprint density at radius 2 is 2.18 bits per heavy atom. The minimum Gasteiger partial charge on any atom is -0.313 e. The van der Waals surface area contributed by atoms with Crippen molar-refractivity contribution in [2.24, 2.45) is 0 Å². The molecule has 0 amide bonds. The predicted molar refractivity (Wildman–Crippen MR) is 43.8 cm³/mol. The van der Waals surface area contributed by atoms with Crippen LogP contribution in [0.4, 0.5) is 0 Å². The van der Waals surface area contributed by atoms with E-state index < -0.39 is 10.0 Å². The molecule has 5 heteroatoms. The number of rotatable bonds is 2. The molecule has 1 rings (SSSR count). The molecule has 0 aromatic rings. The van der Waals surface area contributed by atoms with E-state index in [1.165, 1.54) is 6.26 Å². The van der Waals surface area contributed by atoms with Crippen LogP contribution < -0.4 is 10.0 Å². The number of hydrogen-bond donors (Lipinski definition) is 2. The molecule has 1 aliphatic heterocycles. The summed E-state index contributed by atoms with van der Waals surface area (Å²) in [5.74, 6) is 0. The van der Waals surface area contributed by atoms with E-state index in [1.54, 1.807) is 0 Å². The Bertz CT molecular complexity index is 225. The number of hydrogen-bond acceptors (Lipinski definition) is 3. The first-order chi connectivity index (χ1) is 4.97. The van der Waals surface area contributed by atoms with Crippen molar-refractivity contribution in [1.82, 2.24) is 10.0 Å². The monoisotopic (exact) mass is 178 g/mol. The van der Waals surface area contributed by atoms with Gasteiger partial charge in [-0.1, -0.05) is 0 Å². The van der Waals surface area contributed by atoms with Gasteiger partial charge in [0.15, 0.2) is 0 Å². The van der Waals surface area contributed by atoms with E-state index in [0.717, 1.165) is 13.0 Å². The van der Waals surface area contributed by atoms with Gasteiger partial charge in [-0.15, -0.1) is 0 Å². The summed E-state index contributed by atoms with van der Waals surface area (Å²) < 4.78 is 24.1. The average Bonchev–Trinajstić information content (AvgIpc) is 2.10. The second-order valence-corrected chi connectivity index (χ2v) is 4.91. The van der Waals surface area contributed by atoms with Crippen LogP contribution in [0, 0.1) is 0 Å². The molecule has 1 unspecified atom stereocenters. The van der Waals surface area contributed by atoms with Crippen LogP contribution in [0.3, 0.4) is 0 Å². The maximum atomic E-state index is 10.8. The third-order valence-corrected chi connectivity index (χ3v) is 2.49. The maximum Gasteiger partial charge on any atom is 0.208 e. The molecule has 0 spiro atoms. The van der Waals surface area contributed by atoms with Crippen molar-refractivity contribution < 1.29 is 8.42 Å². The highest BCUT2D eigenvalue weighted by molar-refractivity contribution is 7.88. The molecule has 2 atom stereocenters. The lowest BCUT2D eigenvalue weighted by atomic mass is 10.2. The molecule has 0 saturated carbocycles. The maximum absolute atomic E-state index is 10.8. The Labute approximate surface area is 67.4 Å². The van der Waals surface area contributed by atoms with Crippen molar-refractivity contribution in [3.8, 4) is 0 Å². The zero-order valence-electron chi connectivity index (χ0n) is 6.79. The summed E-state index contributed by atoms with van der Waals surface area (Å²) >= 11 is 0. The standard InChI is InChI=1S/C6H14N2O2S/c1-5-3-6(4-7-5)8-11(2,9)10/h5-8H,3-4H2,1-2H3/t5-,6?/m1/s1. The van der Waals surface area contributed by atoms with Gasteiger partial charge in [0.25, 0.3) is 0 Å². The molecular weight excluding hydrogens is 164 g/mol. The highest BCUT2D eigenvalue weighted by Gasteiger charge is 2.22. The van der Waals surface area contributed by atoms with E-state index in [-0.39, 0.29) is 6.04 Å². The fraction of sp³-hybridized carbons (Fsp3) is 1.00. The van der Waals surface area contributed by atoms with Gasteiger partial charge in [-0.3, -0.25) is 0 Å². The molecule has 11 heavy (non-hydrogen) atoms. The molecule has 0 aromatic heterocycles. The fourth-order valence-electron chi connectivity index (χ4n) is 1.33. The molecule has 1 heterocycles. The van der Waals surface area contributed by atoms with Crippen molar-refractivity contribution in [1.29, 1.82) is 0 Å². The van der Waals surface area contributed by atoms with E-state index in [1.807, 2.05) is 6.92 Å². The smallest absolute Gasteiger partial charge is 0.208 e. The first kappa shape index (κ1) is 8.96. The van der Waals surface area contributed by atoms with Gasteiger partial charge in [0.1, 0.15) is 0 Å². The second-order valence-electron chi connectivity index (χ2n) is 3.13.